The number of carbonyl (C=O) groups is 2. The normalized spacial score (nSPS) is 17.4. The third-order valence-electron chi connectivity index (χ3n) is 7.96. The SMILES string of the molecule is CC(C)OC(=O)N1CCC(=C2c3ccc(Cl)cc3C(C(NC(=O)C3CC3)c3cncn3C)=Cc3cccnc32)CC1. The molecule has 3 aromatic rings. The lowest BCUT2D eigenvalue weighted by Crippen LogP contribution is -2.38. The van der Waals surface area contributed by atoms with E-state index in [1.54, 1.807) is 11.2 Å². The molecule has 0 radical (unpaired) electrons. The van der Waals surface area contributed by atoms with Crippen molar-refractivity contribution >= 4 is 40.8 Å². The van der Waals surface area contributed by atoms with Crippen LogP contribution in [0.2, 0.25) is 5.02 Å². The lowest BCUT2D eigenvalue weighted by molar-refractivity contribution is -0.122. The zero-order valence-electron chi connectivity index (χ0n) is 23.6. The highest BCUT2D eigenvalue weighted by molar-refractivity contribution is 6.31. The molecule has 212 valence electrons. The van der Waals surface area contributed by atoms with Gasteiger partial charge in [0.15, 0.2) is 0 Å². The lowest BCUT2D eigenvalue weighted by Gasteiger charge is -2.30. The van der Waals surface area contributed by atoms with Gasteiger partial charge in [-0.05, 0) is 80.5 Å². The van der Waals surface area contributed by atoms with E-state index in [1.807, 2.05) is 56.1 Å². The van der Waals surface area contributed by atoms with Crippen molar-refractivity contribution in [3.8, 4) is 0 Å². The third-order valence-corrected chi connectivity index (χ3v) is 8.19. The maximum atomic E-state index is 13.2. The molecule has 1 N–H and O–H groups in total. The van der Waals surface area contributed by atoms with Gasteiger partial charge in [-0.25, -0.2) is 9.78 Å². The number of likely N-dealkylation sites (tertiary alicyclic amines) is 1. The van der Waals surface area contributed by atoms with Gasteiger partial charge in [0.2, 0.25) is 5.91 Å². The number of halogens is 1. The minimum absolute atomic E-state index is 0.0511. The molecule has 2 aromatic heterocycles. The first kappa shape index (κ1) is 27.3. The van der Waals surface area contributed by atoms with Gasteiger partial charge < -0.3 is 19.5 Å². The van der Waals surface area contributed by atoms with Crippen molar-refractivity contribution in [1.29, 1.82) is 0 Å². The Labute approximate surface area is 245 Å². The Morgan fingerprint density at radius 2 is 1.90 bits per heavy atom. The number of amides is 2. The minimum Gasteiger partial charge on any atom is -0.447 e. The van der Waals surface area contributed by atoms with Crippen LogP contribution in [-0.4, -0.2) is 50.6 Å². The fourth-order valence-electron chi connectivity index (χ4n) is 5.73. The van der Waals surface area contributed by atoms with Gasteiger partial charge >= 0.3 is 6.09 Å². The van der Waals surface area contributed by atoms with Gasteiger partial charge in [-0.2, -0.15) is 0 Å². The maximum absolute atomic E-state index is 13.2. The second-order valence-electron chi connectivity index (χ2n) is 11.3. The van der Waals surface area contributed by atoms with Crippen LogP contribution in [0.1, 0.15) is 73.7 Å². The van der Waals surface area contributed by atoms with Crippen LogP contribution in [0.15, 0.2) is 54.6 Å². The molecular formula is C32H34ClN5O3. The number of hydrogen-bond donors (Lipinski definition) is 1. The van der Waals surface area contributed by atoms with E-state index >= 15 is 0 Å². The monoisotopic (exact) mass is 571 g/mol. The average molecular weight is 572 g/mol. The Morgan fingerprint density at radius 1 is 1.12 bits per heavy atom. The number of aromatic nitrogens is 3. The number of ether oxygens (including phenoxy) is 1. The predicted octanol–water partition coefficient (Wildman–Crippen LogP) is 6.03. The molecule has 2 amide bonds. The highest BCUT2D eigenvalue weighted by Gasteiger charge is 2.35. The van der Waals surface area contributed by atoms with Crippen LogP contribution in [0.25, 0.3) is 17.2 Å². The Hall–Kier alpha value is -3.91. The van der Waals surface area contributed by atoms with Gasteiger partial charge in [-0.1, -0.05) is 29.3 Å². The van der Waals surface area contributed by atoms with Crippen LogP contribution in [0.4, 0.5) is 4.79 Å². The molecule has 8 nitrogen and oxygen atoms in total. The molecule has 6 rings (SSSR count). The summed E-state index contributed by atoms with van der Waals surface area (Å²) in [5, 5.41) is 3.95. The van der Waals surface area contributed by atoms with E-state index in [0.717, 1.165) is 52.1 Å². The molecule has 1 atom stereocenters. The van der Waals surface area contributed by atoms with Crippen LogP contribution in [-0.2, 0) is 16.6 Å². The second-order valence-corrected chi connectivity index (χ2v) is 11.7. The molecule has 1 aliphatic heterocycles. The van der Waals surface area contributed by atoms with Crippen molar-refractivity contribution in [3.05, 3.63) is 87.7 Å². The number of benzene rings is 1. The number of imidazole rings is 1. The molecule has 0 spiro atoms. The fraction of sp³-hybridized carbons (Fsp3) is 0.375. The van der Waals surface area contributed by atoms with E-state index < -0.39 is 6.04 Å². The molecule has 2 aliphatic carbocycles. The topological polar surface area (TPSA) is 89.4 Å². The molecule has 9 heteroatoms. The average Bonchev–Trinajstić information content (AvgIpc) is 3.74. The fourth-order valence-corrected chi connectivity index (χ4v) is 5.91. The van der Waals surface area contributed by atoms with E-state index in [4.69, 9.17) is 21.3 Å². The summed E-state index contributed by atoms with van der Waals surface area (Å²) in [6.07, 6.45) is 10.3. The van der Waals surface area contributed by atoms with Gasteiger partial charge in [-0.3, -0.25) is 9.78 Å². The van der Waals surface area contributed by atoms with E-state index in [0.29, 0.717) is 31.0 Å². The molecule has 1 saturated carbocycles. The summed E-state index contributed by atoms with van der Waals surface area (Å²) in [4.78, 5) is 36.8. The lowest BCUT2D eigenvalue weighted by atomic mass is 9.86. The summed E-state index contributed by atoms with van der Waals surface area (Å²) in [6, 6.07) is 9.51. The van der Waals surface area contributed by atoms with Crippen molar-refractivity contribution < 1.29 is 14.3 Å². The Bertz CT molecular complexity index is 1560. The number of fused-ring (bicyclic) bond motifs is 2. The minimum atomic E-state index is -0.433. The molecule has 41 heavy (non-hydrogen) atoms. The number of nitrogens with zero attached hydrogens (tertiary/aromatic N) is 4. The maximum Gasteiger partial charge on any atom is 0.410 e. The highest BCUT2D eigenvalue weighted by atomic mass is 35.5. The van der Waals surface area contributed by atoms with Gasteiger partial charge in [0.1, 0.15) is 0 Å². The van der Waals surface area contributed by atoms with Crippen LogP contribution in [0.5, 0.6) is 0 Å². The van der Waals surface area contributed by atoms with E-state index in [2.05, 4.69) is 28.5 Å². The first-order valence-corrected chi connectivity index (χ1v) is 14.6. The summed E-state index contributed by atoms with van der Waals surface area (Å²) in [5.74, 6) is 0.103. The smallest absolute Gasteiger partial charge is 0.410 e. The van der Waals surface area contributed by atoms with Crippen LogP contribution in [0, 0.1) is 5.92 Å². The molecule has 3 heterocycles. The largest absolute Gasteiger partial charge is 0.447 e. The number of hydrogen-bond acceptors (Lipinski definition) is 5. The zero-order chi connectivity index (χ0) is 28.7. The quantitative estimate of drug-likeness (QED) is 0.404. The number of pyridine rings is 1. The van der Waals surface area contributed by atoms with Crippen molar-refractivity contribution in [2.45, 2.75) is 51.7 Å². The number of rotatable bonds is 5. The van der Waals surface area contributed by atoms with Crippen molar-refractivity contribution in [2.75, 3.05) is 13.1 Å². The van der Waals surface area contributed by atoms with Crippen LogP contribution < -0.4 is 5.32 Å². The summed E-state index contributed by atoms with van der Waals surface area (Å²) in [5.41, 5.74) is 7.92. The number of nitrogens with one attached hydrogen (secondary N) is 1. The van der Waals surface area contributed by atoms with Crippen molar-refractivity contribution in [3.63, 3.8) is 0 Å². The van der Waals surface area contributed by atoms with E-state index in [9.17, 15) is 9.59 Å². The summed E-state index contributed by atoms with van der Waals surface area (Å²) < 4.78 is 7.40. The molecule has 1 saturated heterocycles. The Balaban J connectivity index is 1.48. The van der Waals surface area contributed by atoms with Crippen LogP contribution in [0.3, 0.4) is 0 Å². The summed E-state index contributed by atoms with van der Waals surface area (Å²) in [7, 11) is 1.94. The Kier molecular flexibility index (Phi) is 7.43. The number of piperidine rings is 1. The standard InChI is InChI=1S/C32H34ClN5O3/c1-19(2)41-32(40)38-13-10-20(11-14-38)28-24-9-8-23(33)16-25(24)26(15-22-5-4-12-35-29(22)28)30(27-17-34-18-37(27)3)36-31(39)21-6-7-21/h4-5,8-9,12,15-19,21,30H,6-7,10-11,13-14H2,1-3H3,(H,36,39). The predicted molar refractivity (Wildman–Crippen MR) is 159 cm³/mol. The van der Waals surface area contributed by atoms with Crippen molar-refractivity contribution in [1.82, 2.24) is 24.8 Å². The molecule has 3 aliphatic rings. The Morgan fingerprint density at radius 3 is 2.59 bits per heavy atom. The number of aryl methyl sites for hydroxylation is 1. The molecular weight excluding hydrogens is 538 g/mol. The second kappa shape index (κ2) is 11.2. The third kappa shape index (κ3) is 5.53. The molecule has 1 unspecified atom stereocenters. The van der Waals surface area contributed by atoms with Gasteiger partial charge in [0.05, 0.1) is 36.1 Å². The van der Waals surface area contributed by atoms with Crippen LogP contribution >= 0.6 is 11.6 Å². The van der Waals surface area contributed by atoms with Gasteiger partial charge in [-0.15, -0.1) is 0 Å². The first-order valence-electron chi connectivity index (χ1n) is 14.2. The summed E-state index contributed by atoms with van der Waals surface area (Å²) in [6.45, 7) is 4.87. The number of carbonyl (C=O) groups excluding carboxylic acids is 2. The van der Waals surface area contributed by atoms with Gasteiger partial charge in [0, 0.05) is 48.4 Å². The summed E-state index contributed by atoms with van der Waals surface area (Å²) >= 11 is 6.64. The molecule has 0 bridgehead atoms. The van der Waals surface area contributed by atoms with E-state index in [1.165, 1.54) is 5.57 Å². The molecule has 2 fully saturated rings. The zero-order valence-corrected chi connectivity index (χ0v) is 24.3. The van der Waals surface area contributed by atoms with E-state index in [-0.39, 0.29) is 24.0 Å². The first-order chi connectivity index (χ1) is 19.8. The van der Waals surface area contributed by atoms with Crippen molar-refractivity contribution in [2.24, 2.45) is 13.0 Å². The molecule has 1 aromatic carbocycles. The van der Waals surface area contributed by atoms with Gasteiger partial charge in [0.25, 0.3) is 0 Å². The highest BCUT2D eigenvalue weighted by Crippen LogP contribution is 2.45.